The summed E-state index contributed by atoms with van der Waals surface area (Å²) < 4.78 is 4.77. The molecule has 3 heterocycles. The summed E-state index contributed by atoms with van der Waals surface area (Å²) in [6.45, 7) is 4.43. The van der Waals surface area contributed by atoms with Gasteiger partial charge in [0.15, 0.2) is 0 Å². The molecule has 3 aromatic rings. The van der Waals surface area contributed by atoms with E-state index in [1.165, 1.54) is 11.3 Å². The Hall–Kier alpha value is -4.05. The molecule has 0 unspecified atom stereocenters. The van der Waals surface area contributed by atoms with E-state index in [1.54, 1.807) is 11.0 Å². The number of hydrogen-bond acceptors (Lipinski definition) is 7. The third-order valence-electron chi connectivity index (χ3n) is 6.97. The van der Waals surface area contributed by atoms with Crippen molar-refractivity contribution in [1.82, 2.24) is 25.3 Å². The second kappa shape index (κ2) is 10.1. The van der Waals surface area contributed by atoms with E-state index in [9.17, 15) is 19.5 Å². The number of carbonyl (C=O) groups is 3. The number of rotatable bonds is 7. The summed E-state index contributed by atoms with van der Waals surface area (Å²) in [6.07, 6.45) is 0.593. The van der Waals surface area contributed by atoms with E-state index in [-0.39, 0.29) is 43.1 Å². The Morgan fingerprint density at radius 3 is 2.59 bits per heavy atom. The highest BCUT2D eigenvalue weighted by molar-refractivity contribution is 6.01. The number of benzene rings is 2. The molecule has 1 saturated heterocycles. The number of likely N-dealkylation sites (tertiary alicyclic amines) is 1. The van der Waals surface area contributed by atoms with Gasteiger partial charge in [-0.2, -0.15) is 4.98 Å². The number of β-amino-alcohol motifs (C(OH)–C–C–N with tert-alkyl or cyclic N) is 1. The zero-order chi connectivity index (χ0) is 26.1. The highest BCUT2D eigenvalue weighted by Crippen LogP contribution is 2.30. The number of aliphatic hydroxyl groups is 1. The fraction of sp³-hybridized carbons (Fsp3) is 0.370. The molecule has 2 aromatic carbocycles. The number of nitrogens with one attached hydrogen (secondary N) is 1. The Bertz CT molecular complexity index is 1290. The van der Waals surface area contributed by atoms with E-state index >= 15 is 0 Å². The molecule has 2 aliphatic rings. The van der Waals surface area contributed by atoms with Crippen LogP contribution in [0.2, 0.25) is 0 Å². The largest absolute Gasteiger partial charge is 0.391 e. The molecule has 3 atom stereocenters. The fourth-order valence-corrected chi connectivity index (χ4v) is 5.13. The van der Waals surface area contributed by atoms with Crippen LogP contribution in [0, 0.1) is 5.92 Å². The number of hydrogen-bond donors (Lipinski definition) is 2. The summed E-state index contributed by atoms with van der Waals surface area (Å²) in [5.74, 6) is -0.551. The topological polar surface area (TPSA) is 129 Å². The molecule has 0 spiro atoms. The van der Waals surface area contributed by atoms with Crippen molar-refractivity contribution in [3.63, 3.8) is 0 Å². The molecule has 0 radical (unpaired) electrons. The second-order valence-corrected chi connectivity index (χ2v) is 9.84. The summed E-state index contributed by atoms with van der Waals surface area (Å²) in [5.41, 5.74) is 3.13. The third-order valence-corrected chi connectivity index (χ3v) is 6.97. The van der Waals surface area contributed by atoms with E-state index in [0.29, 0.717) is 17.9 Å². The SMILES string of the molecule is CC(C)[C@@H](C(=O)N1C[C@H](O)C[C@H]1C(=O)NCc1ccc(-c2ncon2)cc1)N1Cc2ccccc2C1=O. The summed E-state index contributed by atoms with van der Waals surface area (Å²) in [6, 6.07) is 13.2. The van der Waals surface area contributed by atoms with Crippen LogP contribution in [0.3, 0.4) is 0 Å². The standard InChI is InChI=1S/C27H29N5O5/c1-16(2)23(32-13-19-5-3-4-6-21(19)26(32)35)27(36)31-14-20(33)11-22(31)25(34)28-12-17-7-9-18(10-8-17)24-29-15-37-30-24/h3-10,15-16,20,22-23,33H,11-14H2,1-2H3,(H,28,34)/t20-,22+,23+/m1/s1. The van der Waals surface area contributed by atoms with Gasteiger partial charge in [-0.05, 0) is 23.1 Å². The first-order chi connectivity index (χ1) is 17.8. The average Bonchev–Trinajstić information content (AvgIpc) is 3.63. The summed E-state index contributed by atoms with van der Waals surface area (Å²) in [7, 11) is 0. The molecule has 5 rings (SSSR count). The van der Waals surface area contributed by atoms with Gasteiger partial charge in [-0.1, -0.05) is 61.5 Å². The number of aromatic nitrogens is 2. The second-order valence-electron chi connectivity index (χ2n) is 9.84. The fourth-order valence-electron chi connectivity index (χ4n) is 5.13. The molecule has 10 heteroatoms. The van der Waals surface area contributed by atoms with Gasteiger partial charge in [-0.15, -0.1) is 0 Å². The van der Waals surface area contributed by atoms with Gasteiger partial charge in [-0.3, -0.25) is 14.4 Å². The number of amides is 3. The van der Waals surface area contributed by atoms with Crippen LogP contribution in [0.15, 0.2) is 59.4 Å². The predicted octanol–water partition coefficient (Wildman–Crippen LogP) is 2.00. The normalized spacial score (nSPS) is 19.8. The lowest BCUT2D eigenvalue weighted by Crippen LogP contribution is -2.55. The average molecular weight is 504 g/mol. The third kappa shape index (κ3) is 4.84. The molecule has 2 N–H and O–H groups in total. The maximum absolute atomic E-state index is 13.8. The number of nitrogens with zero attached hydrogens (tertiary/aromatic N) is 4. The van der Waals surface area contributed by atoms with Crippen molar-refractivity contribution in [1.29, 1.82) is 0 Å². The quantitative estimate of drug-likeness (QED) is 0.505. The van der Waals surface area contributed by atoms with Crippen LogP contribution in [-0.4, -0.2) is 67.5 Å². The molecule has 2 aliphatic heterocycles. The first kappa shape index (κ1) is 24.6. The predicted molar refractivity (Wildman–Crippen MR) is 133 cm³/mol. The van der Waals surface area contributed by atoms with Crippen LogP contribution in [0.1, 0.15) is 41.8 Å². The van der Waals surface area contributed by atoms with Crippen molar-refractivity contribution in [2.24, 2.45) is 5.92 Å². The van der Waals surface area contributed by atoms with Crippen molar-refractivity contribution >= 4 is 17.7 Å². The van der Waals surface area contributed by atoms with Gasteiger partial charge in [0.05, 0.1) is 6.10 Å². The lowest BCUT2D eigenvalue weighted by Gasteiger charge is -2.35. The van der Waals surface area contributed by atoms with Gasteiger partial charge < -0.3 is 24.7 Å². The van der Waals surface area contributed by atoms with Crippen molar-refractivity contribution in [3.8, 4) is 11.4 Å². The molecular weight excluding hydrogens is 474 g/mol. The van der Waals surface area contributed by atoms with Crippen LogP contribution < -0.4 is 5.32 Å². The molecule has 0 aliphatic carbocycles. The van der Waals surface area contributed by atoms with Crippen LogP contribution >= 0.6 is 0 Å². The van der Waals surface area contributed by atoms with Crippen LogP contribution in [0.25, 0.3) is 11.4 Å². The van der Waals surface area contributed by atoms with Crippen molar-refractivity contribution in [2.45, 2.75) is 51.5 Å². The summed E-state index contributed by atoms with van der Waals surface area (Å²) >= 11 is 0. The molecule has 0 bridgehead atoms. The monoisotopic (exact) mass is 503 g/mol. The highest BCUT2D eigenvalue weighted by Gasteiger charge is 2.45. The Balaban J connectivity index is 1.27. The smallest absolute Gasteiger partial charge is 0.255 e. The minimum Gasteiger partial charge on any atom is -0.391 e. The van der Waals surface area contributed by atoms with Crippen molar-refractivity contribution < 1.29 is 24.0 Å². The molecule has 0 saturated carbocycles. The van der Waals surface area contributed by atoms with Crippen LogP contribution in [0.5, 0.6) is 0 Å². The summed E-state index contributed by atoms with van der Waals surface area (Å²) in [4.78, 5) is 47.1. The van der Waals surface area contributed by atoms with E-state index in [1.807, 2.05) is 56.3 Å². The number of aliphatic hydroxyl groups excluding tert-OH is 1. The summed E-state index contributed by atoms with van der Waals surface area (Å²) in [5, 5.41) is 17.1. The number of fused-ring (bicyclic) bond motifs is 1. The lowest BCUT2D eigenvalue weighted by molar-refractivity contribution is -0.143. The maximum atomic E-state index is 13.8. The van der Waals surface area contributed by atoms with Gasteiger partial charge in [0.2, 0.25) is 24.0 Å². The first-order valence-electron chi connectivity index (χ1n) is 12.3. The number of carbonyl (C=O) groups excluding carboxylic acids is 3. The Labute approximate surface area is 214 Å². The Kier molecular flexibility index (Phi) is 6.75. The van der Waals surface area contributed by atoms with E-state index in [0.717, 1.165) is 16.7 Å². The van der Waals surface area contributed by atoms with Crippen LogP contribution in [-0.2, 0) is 22.7 Å². The molecular formula is C27H29N5O5. The molecule has 10 nitrogen and oxygen atoms in total. The highest BCUT2D eigenvalue weighted by atomic mass is 16.5. The van der Waals surface area contributed by atoms with Gasteiger partial charge in [-0.25, -0.2) is 0 Å². The van der Waals surface area contributed by atoms with Crippen LogP contribution in [0.4, 0.5) is 0 Å². The van der Waals surface area contributed by atoms with E-state index in [2.05, 4.69) is 15.5 Å². The molecule has 3 amide bonds. The molecule has 1 aromatic heterocycles. The van der Waals surface area contributed by atoms with Gasteiger partial charge in [0, 0.05) is 37.2 Å². The lowest BCUT2D eigenvalue weighted by atomic mass is 10.0. The Morgan fingerprint density at radius 1 is 1.16 bits per heavy atom. The molecule has 1 fully saturated rings. The Morgan fingerprint density at radius 2 is 1.92 bits per heavy atom. The first-order valence-corrected chi connectivity index (χ1v) is 12.3. The minimum absolute atomic E-state index is 0.0501. The van der Waals surface area contributed by atoms with Gasteiger partial charge >= 0.3 is 0 Å². The van der Waals surface area contributed by atoms with Crippen molar-refractivity contribution in [2.75, 3.05) is 6.54 Å². The maximum Gasteiger partial charge on any atom is 0.255 e. The molecule has 192 valence electrons. The van der Waals surface area contributed by atoms with E-state index < -0.39 is 18.2 Å². The van der Waals surface area contributed by atoms with Crippen molar-refractivity contribution in [3.05, 3.63) is 71.6 Å². The minimum atomic E-state index is -0.817. The van der Waals surface area contributed by atoms with E-state index in [4.69, 9.17) is 4.52 Å². The zero-order valence-corrected chi connectivity index (χ0v) is 20.7. The zero-order valence-electron chi connectivity index (χ0n) is 20.7. The van der Waals surface area contributed by atoms with Gasteiger partial charge in [0.25, 0.3) is 5.91 Å². The molecule has 37 heavy (non-hydrogen) atoms. The van der Waals surface area contributed by atoms with Gasteiger partial charge in [0.1, 0.15) is 12.1 Å².